The van der Waals surface area contributed by atoms with Crippen LogP contribution in [0, 0.1) is 39.0 Å². The summed E-state index contributed by atoms with van der Waals surface area (Å²) in [5.41, 5.74) is 4.26. The summed E-state index contributed by atoms with van der Waals surface area (Å²) in [6.45, 7) is 7.54. The largest absolute Gasteiger partial charge is 0.293 e. The summed E-state index contributed by atoms with van der Waals surface area (Å²) in [5.74, 6) is -0.125. The van der Waals surface area contributed by atoms with Crippen molar-refractivity contribution in [2.75, 3.05) is 0 Å². The quantitative estimate of drug-likeness (QED) is 0.734. The van der Waals surface area contributed by atoms with E-state index in [0.717, 1.165) is 22.3 Å². The average molecular weight is 236 g/mol. The van der Waals surface area contributed by atoms with Crippen LogP contribution in [0.1, 0.15) is 39.0 Å². The minimum absolute atomic E-state index is 0.0812. The highest BCUT2D eigenvalue weighted by Crippen LogP contribution is 2.30. The molecule has 1 aromatic carbocycles. The Morgan fingerprint density at radius 2 is 1.56 bits per heavy atom. The van der Waals surface area contributed by atoms with Crippen molar-refractivity contribution < 1.29 is 4.79 Å². The topological polar surface area (TPSA) is 40.9 Å². The number of benzene rings is 1. The number of nitriles is 1. The number of rotatable bonds is 2. The lowest BCUT2D eigenvalue weighted by Gasteiger charge is -2.15. The number of hydrogen-bond donors (Lipinski definition) is 0. The van der Waals surface area contributed by atoms with Crippen LogP contribution in [-0.2, 0) is 0 Å². The molecule has 84 valence electrons. The van der Waals surface area contributed by atoms with Crippen molar-refractivity contribution in [1.82, 2.24) is 0 Å². The van der Waals surface area contributed by atoms with Crippen LogP contribution in [0.15, 0.2) is 0 Å². The second-order valence-corrected chi connectivity index (χ2v) is 4.33. The molecule has 3 heteroatoms. The van der Waals surface area contributed by atoms with E-state index in [1.165, 1.54) is 0 Å². The van der Waals surface area contributed by atoms with Gasteiger partial charge in [-0.15, -0.1) is 0 Å². The third kappa shape index (κ3) is 1.96. The second-order valence-electron chi connectivity index (χ2n) is 3.95. The number of nitrogens with zero attached hydrogens (tertiary/aromatic N) is 1. The fourth-order valence-electron chi connectivity index (χ4n) is 1.85. The molecule has 0 aliphatic rings. The summed E-state index contributed by atoms with van der Waals surface area (Å²) >= 11 is 6.17. The van der Waals surface area contributed by atoms with Crippen molar-refractivity contribution in [3.8, 4) is 6.07 Å². The number of Topliss-reactive ketones (excluding diaryl/α,β-unsaturated/α-hetero) is 1. The van der Waals surface area contributed by atoms with E-state index in [2.05, 4.69) is 0 Å². The summed E-state index contributed by atoms with van der Waals surface area (Å²) in [6.07, 6.45) is -0.0812. The zero-order valence-corrected chi connectivity index (χ0v) is 10.7. The molecule has 0 aliphatic carbocycles. The lowest BCUT2D eigenvalue weighted by molar-refractivity contribution is 0.0996. The Morgan fingerprint density at radius 1 is 1.12 bits per heavy atom. The fraction of sp³-hybridized carbons (Fsp3) is 0.385. The highest BCUT2D eigenvalue weighted by Gasteiger charge is 2.18. The van der Waals surface area contributed by atoms with Gasteiger partial charge in [0.1, 0.15) is 0 Å². The van der Waals surface area contributed by atoms with E-state index in [-0.39, 0.29) is 12.2 Å². The molecule has 0 aromatic heterocycles. The van der Waals surface area contributed by atoms with E-state index in [1.54, 1.807) is 0 Å². The Kier molecular flexibility index (Phi) is 3.72. The van der Waals surface area contributed by atoms with E-state index < -0.39 is 0 Å². The first-order valence-electron chi connectivity index (χ1n) is 5.07. The van der Waals surface area contributed by atoms with Gasteiger partial charge in [0.15, 0.2) is 5.78 Å². The van der Waals surface area contributed by atoms with Crippen LogP contribution in [0.5, 0.6) is 0 Å². The minimum Gasteiger partial charge on any atom is -0.293 e. The first-order valence-corrected chi connectivity index (χ1v) is 5.45. The van der Waals surface area contributed by atoms with Crippen LogP contribution >= 0.6 is 11.6 Å². The first kappa shape index (κ1) is 12.7. The molecular weight excluding hydrogens is 222 g/mol. The third-order valence-corrected chi connectivity index (χ3v) is 3.62. The summed E-state index contributed by atoms with van der Waals surface area (Å²) in [6, 6.07) is 1.89. The van der Waals surface area contributed by atoms with E-state index >= 15 is 0 Å². The maximum atomic E-state index is 11.8. The molecule has 1 rings (SSSR count). The number of hydrogen-bond acceptors (Lipinski definition) is 2. The number of carbonyl (C=O) groups is 1. The second kappa shape index (κ2) is 4.67. The summed E-state index contributed by atoms with van der Waals surface area (Å²) < 4.78 is 0. The predicted octanol–water partition coefficient (Wildman–Crippen LogP) is 3.67. The van der Waals surface area contributed by atoms with Crippen LogP contribution in [0.3, 0.4) is 0 Å². The van der Waals surface area contributed by atoms with Gasteiger partial charge < -0.3 is 0 Å². The Bertz CT molecular complexity index is 469. The van der Waals surface area contributed by atoms with Gasteiger partial charge in [0.2, 0.25) is 0 Å². The van der Waals surface area contributed by atoms with E-state index in [0.29, 0.717) is 10.6 Å². The van der Waals surface area contributed by atoms with Crippen molar-refractivity contribution in [2.45, 2.75) is 34.1 Å². The molecule has 0 heterocycles. The fourth-order valence-corrected chi connectivity index (χ4v) is 2.13. The van der Waals surface area contributed by atoms with Gasteiger partial charge in [-0.1, -0.05) is 11.6 Å². The molecule has 2 nitrogen and oxygen atoms in total. The molecule has 0 unspecified atom stereocenters. The lowest BCUT2D eigenvalue weighted by atomic mass is 9.91. The first-order chi connectivity index (χ1) is 7.41. The standard InChI is InChI=1S/C13H14ClNO/c1-7-9(3)13(14)10(4)8(2)12(7)11(16)5-6-15/h5H2,1-4H3. The molecule has 0 saturated heterocycles. The van der Waals surface area contributed by atoms with E-state index in [4.69, 9.17) is 16.9 Å². The van der Waals surface area contributed by atoms with Crippen molar-refractivity contribution in [2.24, 2.45) is 0 Å². The minimum atomic E-state index is -0.125. The van der Waals surface area contributed by atoms with Crippen LogP contribution < -0.4 is 0 Å². The molecule has 0 spiro atoms. The SMILES string of the molecule is Cc1c(C)c(C(=O)CC#N)c(C)c(C)c1Cl. The maximum absolute atomic E-state index is 11.8. The molecule has 0 saturated carbocycles. The van der Waals surface area contributed by atoms with Crippen LogP contribution in [-0.4, -0.2) is 5.78 Å². The number of halogens is 1. The van der Waals surface area contributed by atoms with Gasteiger partial charge in [-0.3, -0.25) is 4.79 Å². The predicted molar refractivity (Wildman–Crippen MR) is 65.0 cm³/mol. The molecule has 0 atom stereocenters. The third-order valence-electron chi connectivity index (χ3n) is 3.05. The molecule has 0 N–H and O–H groups in total. The van der Waals surface area contributed by atoms with Crippen molar-refractivity contribution in [1.29, 1.82) is 5.26 Å². The zero-order chi connectivity index (χ0) is 12.5. The molecule has 0 fully saturated rings. The molecular formula is C13H14ClNO. The van der Waals surface area contributed by atoms with Gasteiger partial charge in [-0.05, 0) is 49.9 Å². The highest BCUT2D eigenvalue weighted by molar-refractivity contribution is 6.32. The number of ketones is 1. The van der Waals surface area contributed by atoms with Crippen LogP contribution in [0.4, 0.5) is 0 Å². The lowest BCUT2D eigenvalue weighted by Crippen LogP contribution is -2.07. The van der Waals surface area contributed by atoms with E-state index in [1.807, 2.05) is 33.8 Å². The maximum Gasteiger partial charge on any atom is 0.177 e. The molecule has 1 aromatic rings. The molecule has 0 bridgehead atoms. The van der Waals surface area contributed by atoms with Crippen molar-refractivity contribution >= 4 is 17.4 Å². The molecule has 0 amide bonds. The van der Waals surface area contributed by atoms with Crippen molar-refractivity contribution in [3.05, 3.63) is 32.8 Å². The van der Waals surface area contributed by atoms with Gasteiger partial charge in [-0.2, -0.15) is 5.26 Å². The molecule has 0 aliphatic heterocycles. The van der Waals surface area contributed by atoms with Gasteiger partial charge in [0, 0.05) is 10.6 Å². The van der Waals surface area contributed by atoms with Gasteiger partial charge in [0.05, 0.1) is 12.5 Å². The average Bonchev–Trinajstić information content (AvgIpc) is 2.24. The zero-order valence-electron chi connectivity index (χ0n) is 9.94. The van der Waals surface area contributed by atoms with Gasteiger partial charge >= 0.3 is 0 Å². The molecule has 0 radical (unpaired) electrons. The monoisotopic (exact) mass is 235 g/mol. The normalized spacial score (nSPS) is 10.0. The van der Waals surface area contributed by atoms with Crippen LogP contribution in [0.25, 0.3) is 0 Å². The summed E-state index contributed by atoms with van der Waals surface area (Å²) in [7, 11) is 0. The Labute approximate surface area is 101 Å². The Hall–Kier alpha value is -1.33. The Balaban J connectivity index is 3.53. The molecule has 16 heavy (non-hydrogen) atoms. The highest BCUT2D eigenvalue weighted by atomic mass is 35.5. The van der Waals surface area contributed by atoms with Gasteiger partial charge in [0.25, 0.3) is 0 Å². The van der Waals surface area contributed by atoms with Gasteiger partial charge in [-0.25, -0.2) is 0 Å². The number of carbonyl (C=O) groups excluding carboxylic acids is 1. The summed E-state index contributed by atoms with van der Waals surface area (Å²) in [4.78, 5) is 11.8. The van der Waals surface area contributed by atoms with Crippen molar-refractivity contribution in [3.63, 3.8) is 0 Å². The summed E-state index contributed by atoms with van der Waals surface area (Å²) in [5, 5.41) is 9.29. The van der Waals surface area contributed by atoms with E-state index in [9.17, 15) is 4.79 Å². The van der Waals surface area contributed by atoms with Crippen LogP contribution in [0.2, 0.25) is 5.02 Å². The smallest absolute Gasteiger partial charge is 0.177 e. The Morgan fingerprint density at radius 3 is 1.94 bits per heavy atom.